The van der Waals surface area contributed by atoms with Gasteiger partial charge in [-0.15, -0.1) is 0 Å². The van der Waals surface area contributed by atoms with Gasteiger partial charge in [-0.1, -0.05) is 117 Å². The first kappa shape index (κ1) is 35.5. The Morgan fingerprint density at radius 2 is 0.736 bits per heavy atom. The molecule has 0 saturated carbocycles. The summed E-state index contributed by atoms with van der Waals surface area (Å²) in [5.41, 5.74) is 0.821. The van der Waals surface area contributed by atoms with Crippen LogP contribution in [-0.2, 0) is 0 Å². The van der Waals surface area contributed by atoms with E-state index in [2.05, 4.69) is 32.7 Å². The number of pyridine rings is 2. The van der Waals surface area contributed by atoms with Gasteiger partial charge >= 0.3 is 0 Å². The van der Waals surface area contributed by atoms with E-state index in [1.807, 2.05) is 36.4 Å². The van der Waals surface area contributed by atoms with Crippen molar-refractivity contribution in [1.29, 1.82) is 0 Å². The van der Waals surface area contributed by atoms with Crippen molar-refractivity contribution in [3.8, 4) is 0 Å². The molecule has 3 heterocycles. The van der Waals surface area contributed by atoms with Gasteiger partial charge in [0.15, 0.2) is 0 Å². The van der Waals surface area contributed by atoms with Crippen LogP contribution in [0.2, 0.25) is 0 Å². The number of aromatic amines is 1. The average molecular weight is 712 g/mol. The third kappa shape index (κ3) is 5.51. The van der Waals surface area contributed by atoms with Gasteiger partial charge in [0.1, 0.15) is 0 Å². The minimum Gasteiger partial charge on any atom is -0.354 e. The van der Waals surface area contributed by atoms with E-state index < -0.39 is 0 Å². The Hall–Kier alpha value is -4.52. The fraction of sp³-hybridized carbons (Fsp3) is 0.478. The maximum Gasteiger partial charge on any atom is 0.261 e. The molecule has 0 bridgehead atoms. The first-order valence-electron chi connectivity index (χ1n) is 20.7. The van der Waals surface area contributed by atoms with Crippen LogP contribution in [0.15, 0.2) is 55.6 Å². The van der Waals surface area contributed by atoms with Crippen LogP contribution in [0, 0.1) is 0 Å². The van der Waals surface area contributed by atoms with Crippen LogP contribution >= 0.6 is 0 Å². The number of aromatic nitrogens is 3. The number of hydrogen-bond acceptors (Lipinski definition) is 4. The Morgan fingerprint density at radius 3 is 1.08 bits per heavy atom. The zero-order chi connectivity index (χ0) is 37.0. The van der Waals surface area contributed by atoms with Crippen molar-refractivity contribution in [2.75, 3.05) is 0 Å². The van der Waals surface area contributed by atoms with Crippen LogP contribution in [0.25, 0.3) is 75.7 Å². The molecule has 0 spiro atoms. The molecule has 0 amide bonds. The highest BCUT2D eigenvalue weighted by Gasteiger charge is 2.29. The fourth-order valence-electron chi connectivity index (χ4n) is 9.83. The maximum absolute atomic E-state index is 14.6. The lowest BCUT2D eigenvalue weighted by Gasteiger charge is -2.22. The number of fused-ring (bicyclic) bond motifs is 1. The van der Waals surface area contributed by atoms with Crippen LogP contribution in [0.3, 0.4) is 0 Å². The predicted molar refractivity (Wildman–Crippen MR) is 224 cm³/mol. The predicted octanol–water partition coefficient (Wildman–Crippen LogP) is 11.3. The van der Waals surface area contributed by atoms with E-state index in [1.165, 1.54) is 0 Å². The summed E-state index contributed by atoms with van der Waals surface area (Å²) in [7, 11) is 0. The smallest absolute Gasteiger partial charge is 0.261 e. The van der Waals surface area contributed by atoms with Gasteiger partial charge in [0, 0.05) is 66.2 Å². The van der Waals surface area contributed by atoms with Gasteiger partial charge in [0.25, 0.3) is 22.2 Å². The molecule has 0 saturated heterocycles. The van der Waals surface area contributed by atoms with Crippen LogP contribution < -0.4 is 22.2 Å². The number of benzene rings is 5. The zero-order valence-electron chi connectivity index (χ0n) is 32.0. The van der Waals surface area contributed by atoms with E-state index in [-0.39, 0.29) is 34.3 Å². The van der Waals surface area contributed by atoms with Crippen molar-refractivity contribution >= 4 is 75.7 Å². The Bertz CT molecular complexity index is 2580. The van der Waals surface area contributed by atoms with E-state index in [1.54, 1.807) is 9.13 Å². The van der Waals surface area contributed by atoms with Crippen LogP contribution in [0.1, 0.15) is 143 Å². The lowest BCUT2D eigenvalue weighted by atomic mass is 9.86. The lowest BCUT2D eigenvalue weighted by molar-refractivity contribution is 0.387. The quantitative estimate of drug-likeness (QED) is 0.0544. The molecule has 7 nitrogen and oxygen atoms in total. The lowest BCUT2D eigenvalue weighted by Crippen LogP contribution is -2.37. The summed E-state index contributed by atoms with van der Waals surface area (Å²) in [6.07, 6.45) is 15.9. The standard InChI is InChI=1S/C46H53N3O4/c1-5-9-13-17-27(18-14-10-6-2)48-43(50)31-23-21-29-30-22-24-32-38-34(46(53)49(44(32)51)28(19-15-11-7-3)20-16-12-8-4)26-36-42(40(30)38)41-35(47-36)25-33(45(48)52)37(31)39(29)41/h21-28,47H,5-20H2,1-4H3. The van der Waals surface area contributed by atoms with Crippen molar-refractivity contribution in [3.05, 3.63) is 77.8 Å². The molecular formula is C46H53N3O4. The first-order chi connectivity index (χ1) is 25.9. The van der Waals surface area contributed by atoms with Crippen molar-refractivity contribution in [1.82, 2.24) is 14.1 Å². The molecule has 3 aromatic heterocycles. The van der Waals surface area contributed by atoms with E-state index in [9.17, 15) is 19.2 Å². The molecule has 0 aliphatic heterocycles. The fourth-order valence-corrected chi connectivity index (χ4v) is 9.83. The van der Waals surface area contributed by atoms with Crippen molar-refractivity contribution < 1.29 is 0 Å². The van der Waals surface area contributed by atoms with Crippen LogP contribution in [-0.4, -0.2) is 14.1 Å². The number of nitrogens with one attached hydrogen (secondary N) is 1. The minimum absolute atomic E-state index is 0.135. The topological polar surface area (TPSA) is 93.9 Å². The first-order valence-corrected chi connectivity index (χ1v) is 20.7. The molecule has 0 fully saturated rings. The van der Waals surface area contributed by atoms with Crippen LogP contribution in [0.4, 0.5) is 0 Å². The number of H-pyrrole nitrogens is 1. The molecule has 0 radical (unpaired) electrons. The Labute approximate surface area is 309 Å². The van der Waals surface area contributed by atoms with Crippen molar-refractivity contribution in [2.24, 2.45) is 0 Å². The summed E-state index contributed by atoms with van der Waals surface area (Å²) < 4.78 is 3.16. The van der Waals surface area contributed by atoms with Gasteiger partial charge in [0.05, 0.1) is 10.8 Å². The molecule has 5 aromatic carbocycles. The molecule has 0 unspecified atom stereocenters. The van der Waals surface area contributed by atoms with Crippen molar-refractivity contribution in [2.45, 2.75) is 143 Å². The summed E-state index contributed by atoms with van der Waals surface area (Å²) in [6.45, 7) is 8.71. The second-order valence-corrected chi connectivity index (χ2v) is 15.9. The third-order valence-corrected chi connectivity index (χ3v) is 12.5. The largest absolute Gasteiger partial charge is 0.354 e. The van der Waals surface area contributed by atoms with E-state index in [4.69, 9.17) is 0 Å². The van der Waals surface area contributed by atoms with E-state index in [0.29, 0.717) is 21.5 Å². The average Bonchev–Trinajstić information content (AvgIpc) is 3.54. The normalized spacial score (nSPS) is 12.9. The molecule has 8 aromatic rings. The molecule has 276 valence electrons. The third-order valence-electron chi connectivity index (χ3n) is 12.5. The van der Waals surface area contributed by atoms with Crippen LogP contribution in [0.5, 0.6) is 0 Å². The van der Waals surface area contributed by atoms with Gasteiger partial charge in [0.2, 0.25) is 0 Å². The van der Waals surface area contributed by atoms with Gasteiger partial charge in [-0.3, -0.25) is 28.3 Å². The number of hydrogen-bond donors (Lipinski definition) is 1. The highest BCUT2D eigenvalue weighted by atomic mass is 16.2. The molecular weight excluding hydrogens is 659 g/mol. The molecule has 0 atom stereocenters. The number of unbranched alkanes of at least 4 members (excludes halogenated alkanes) is 8. The highest BCUT2D eigenvalue weighted by molar-refractivity contribution is 6.45. The molecule has 0 aliphatic rings. The number of nitrogens with zero attached hydrogens (tertiary/aromatic N) is 2. The highest BCUT2D eigenvalue weighted by Crippen LogP contribution is 2.48. The minimum atomic E-state index is -0.211. The summed E-state index contributed by atoms with van der Waals surface area (Å²) in [6, 6.07) is 11.5. The maximum atomic E-state index is 14.6. The Morgan fingerprint density at radius 1 is 0.415 bits per heavy atom. The van der Waals surface area contributed by atoms with Gasteiger partial charge in [-0.05, 0) is 60.7 Å². The van der Waals surface area contributed by atoms with Gasteiger partial charge < -0.3 is 4.98 Å². The Balaban J connectivity index is 1.41. The second kappa shape index (κ2) is 14.4. The summed E-state index contributed by atoms with van der Waals surface area (Å²) in [5.74, 6) is 0. The molecule has 53 heavy (non-hydrogen) atoms. The Kier molecular flexibility index (Phi) is 9.63. The zero-order valence-corrected chi connectivity index (χ0v) is 32.0. The molecule has 1 N–H and O–H groups in total. The van der Waals surface area contributed by atoms with Gasteiger partial charge in [-0.2, -0.15) is 0 Å². The van der Waals surface area contributed by atoms with Crippen molar-refractivity contribution in [3.63, 3.8) is 0 Å². The molecule has 8 rings (SSSR count). The summed E-state index contributed by atoms with van der Waals surface area (Å²) in [5, 5.41) is 9.35. The molecule has 0 aliphatic carbocycles. The van der Waals surface area contributed by atoms with Gasteiger partial charge in [-0.25, -0.2) is 0 Å². The molecule has 7 heteroatoms. The monoisotopic (exact) mass is 711 g/mol. The SMILES string of the molecule is CCCCCC(CCCCC)n1c(=O)c2ccc3c4ccc5c(=O)n(C(CCCCC)CCCCC)c(=O)c6cc7[nH]c8cc(c1=O)c2c3c8c7c4c56. The summed E-state index contributed by atoms with van der Waals surface area (Å²) in [4.78, 5) is 61.8. The van der Waals surface area contributed by atoms with E-state index >= 15 is 0 Å². The van der Waals surface area contributed by atoms with E-state index in [0.717, 1.165) is 157 Å². The second-order valence-electron chi connectivity index (χ2n) is 15.9. The summed E-state index contributed by atoms with van der Waals surface area (Å²) >= 11 is 0. The number of rotatable bonds is 18.